The number of hydrogen-bond donors (Lipinski definition) is 2. The van der Waals surface area contributed by atoms with E-state index in [0.717, 1.165) is 17.9 Å². The standard InChI is InChI=1S/C19H18Cl2N4O/c1-26-15-4-2-3-13(11-15)7-9-22-19-23-10-8-18(25-19)24-14-5-6-16(20)17(21)12-14/h2-6,8,10-12H,7,9H2,1H3,(H2,22,23,24,25). The Bertz CT molecular complexity index is 889. The van der Waals surface area contributed by atoms with Crippen LogP contribution in [0.5, 0.6) is 5.75 Å². The molecule has 0 spiro atoms. The Hall–Kier alpha value is -2.50. The van der Waals surface area contributed by atoms with Crippen molar-refractivity contribution in [2.45, 2.75) is 6.42 Å². The summed E-state index contributed by atoms with van der Waals surface area (Å²) >= 11 is 12.0. The molecule has 0 saturated carbocycles. The predicted octanol–water partition coefficient (Wildman–Crippen LogP) is 5.19. The van der Waals surface area contributed by atoms with Crippen LogP contribution in [0, 0.1) is 0 Å². The molecule has 2 N–H and O–H groups in total. The van der Waals surface area contributed by atoms with Crippen LogP contribution >= 0.6 is 23.2 Å². The SMILES string of the molecule is COc1cccc(CCNc2nccc(Nc3ccc(Cl)c(Cl)c3)n2)c1. The maximum Gasteiger partial charge on any atom is 0.224 e. The molecule has 0 saturated heterocycles. The molecule has 5 nitrogen and oxygen atoms in total. The van der Waals surface area contributed by atoms with Gasteiger partial charge in [0.05, 0.1) is 17.2 Å². The lowest BCUT2D eigenvalue weighted by molar-refractivity contribution is 0.414. The van der Waals surface area contributed by atoms with Crippen molar-refractivity contribution >= 4 is 40.7 Å². The van der Waals surface area contributed by atoms with Crippen LogP contribution in [-0.2, 0) is 6.42 Å². The quantitative estimate of drug-likeness (QED) is 0.582. The van der Waals surface area contributed by atoms with Gasteiger partial charge in [-0.25, -0.2) is 4.98 Å². The first-order chi connectivity index (χ1) is 12.6. The molecule has 7 heteroatoms. The molecule has 1 heterocycles. The van der Waals surface area contributed by atoms with Crippen molar-refractivity contribution in [3.63, 3.8) is 0 Å². The van der Waals surface area contributed by atoms with Crippen LogP contribution in [0.3, 0.4) is 0 Å². The van der Waals surface area contributed by atoms with Crippen LogP contribution in [0.4, 0.5) is 17.5 Å². The van der Waals surface area contributed by atoms with Crippen LogP contribution in [0.15, 0.2) is 54.7 Å². The molecule has 0 unspecified atom stereocenters. The molecule has 134 valence electrons. The summed E-state index contributed by atoms with van der Waals surface area (Å²) in [7, 11) is 1.66. The highest BCUT2D eigenvalue weighted by Gasteiger charge is 2.03. The van der Waals surface area contributed by atoms with Crippen molar-refractivity contribution in [3.8, 4) is 5.75 Å². The van der Waals surface area contributed by atoms with E-state index in [1.165, 1.54) is 5.56 Å². The summed E-state index contributed by atoms with van der Waals surface area (Å²) in [6, 6.07) is 15.1. The van der Waals surface area contributed by atoms with Gasteiger partial charge in [0, 0.05) is 18.4 Å². The Kier molecular flexibility index (Phi) is 6.15. The first-order valence-electron chi connectivity index (χ1n) is 8.06. The highest BCUT2D eigenvalue weighted by Crippen LogP contribution is 2.26. The van der Waals surface area contributed by atoms with Gasteiger partial charge in [-0.1, -0.05) is 35.3 Å². The Morgan fingerprint density at radius 2 is 1.92 bits per heavy atom. The number of benzene rings is 2. The van der Waals surface area contributed by atoms with Crippen LogP contribution in [0.25, 0.3) is 0 Å². The number of methoxy groups -OCH3 is 1. The first-order valence-corrected chi connectivity index (χ1v) is 8.81. The van der Waals surface area contributed by atoms with E-state index in [1.54, 1.807) is 31.5 Å². The van der Waals surface area contributed by atoms with Crippen LogP contribution in [0.2, 0.25) is 10.0 Å². The molecule has 0 bridgehead atoms. The summed E-state index contributed by atoms with van der Waals surface area (Å²) in [5.74, 6) is 2.08. The van der Waals surface area contributed by atoms with Crippen molar-refractivity contribution in [2.24, 2.45) is 0 Å². The molecule has 0 atom stereocenters. The second-order valence-electron chi connectivity index (χ2n) is 5.55. The molecule has 1 aromatic heterocycles. The van der Waals surface area contributed by atoms with E-state index >= 15 is 0 Å². The number of nitrogens with zero attached hydrogens (tertiary/aromatic N) is 2. The van der Waals surface area contributed by atoms with Gasteiger partial charge in [-0.05, 0) is 48.4 Å². The van der Waals surface area contributed by atoms with Crippen LogP contribution < -0.4 is 15.4 Å². The largest absolute Gasteiger partial charge is 0.497 e. The van der Waals surface area contributed by atoms with E-state index in [0.29, 0.717) is 28.4 Å². The van der Waals surface area contributed by atoms with Crippen molar-refractivity contribution in [1.82, 2.24) is 9.97 Å². The van der Waals surface area contributed by atoms with Gasteiger partial charge in [0.2, 0.25) is 5.95 Å². The maximum atomic E-state index is 6.03. The fraction of sp³-hybridized carbons (Fsp3) is 0.158. The summed E-state index contributed by atoms with van der Waals surface area (Å²) in [4.78, 5) is 8.69. The minimum atomic E-state index is 0.488. The molecule has 0 fully saturated rings. The minimum absolute atomic E-state index is 0.488. The Balaban J connectivity index is 1.59. The maximum absolute atomic E-state index is 6.03. The van der Waals surface area contributed by atoms with Gasteiger partial charge < -0.3 is 15.4 Å². The summed E-state index contributed by atoms with van der Waals surface area (Å²) in [5.41, 5.74) is 1.99. The summed E-state index contributed by atoms with van der Waals surface area (Å²) in [5, 5.41) is 7.41. The molecular weight excluding hydrogens is 371 g/mol. The van der Waals surface area contributed by atoms with Gasteiger partial charge >= 0.3 is 0 Å². The fourth-order valence-electron chi connectivity index (χ4n) is 2.38. The van der Waals surface area contributed by atoms with Crippen molar-refractivity contribution in [1.29, 1.82) is 0 Å². The van der Waals surface area contributed by atoms with Crippen molar-refractivity contribution < 1.29 is 4.74 Å². The van der Waals surface area contributed by atoms with Crippen LogP contribution in [0.1, 0.15) is 5.56 Å². The van der Waals surface area contributed by atoms with E-state index in [4.69, 9.17) is 27.9 Å². The number of nitrogens with one attached hydrogen (secondary N) is 2. The highest BCUT2D eigenvalue weighted by atomic mass is 35.5. The van der Waals surface area contributed by atoms with E-state index < -0.39 is 0 Å². The van der Waals surface area contributed by atoms with Gasteiger partial charge in [-0.15, -0.1) is 0 Å². The third kappa shape index (κ3) is 5.00. The zero-order valence-corrected chi connectivity index (χ0v) is 15.7. The van der Waals surface area contributed by atoms with E-state index in [2.05, 4.69) is 26.7 Å². The molecule has 3 rings (SSSR count). The number of aromatic nitrogens is 2. The lowest BCUT2D eigenvalue weighted by Gasteiger charge is -2.09. The van der Waals surface area contributed by atoms with E-state index in [9.17, 15) is 0 Å². The third-order valence-corrected chi connectivity index (χ3v) is 4.42. The fourth-order valence-corrected chi connectivity index (χ4v) is 2.68. The molecule has 0 aliphatic carbocycles. The molecule has 2 aromatic carbocycles. The lowest BCUT2D eigenvalue weighted by atomic mass is 10.1. The minimum Gasteiger partial charge on any atom is -0.497 e. The van der Waals surface area contributed by atoms with Crippen molar-refractivity contribution in [3.05, 3.63) is 70.3 Å². The Labute approximate surface area is 162 Å². The molecule has 3 aromatic rings. The van der Waals surface area contributed by atoms with Gasteiger partial charge in [-0.2, -0.15) is 4.98 Å². The average molecular weight is 389 g/mol. The highest BCUT2D eigenvalue weighted by molar-refractivity contribution is 6.42. The Morgan fingerprint density at radius 1 is 1.04 bits per heavy atom. The zero-order chi connectivity index (χ0) is 18.4. The van der Waals surface area contributed by atoms with E-state index in [1.807, 2.05) is 24.3 Å². The van der Waals surface area contributed by atoms with Gasteiger partial charge in [0.15, 0.2) is 0 Å². The molecule has 0 aliphatic heterocycles. The smallest absolute Gasteiger partial charge is 0.224 e. The summed E-state index contributed by atoms with van der Waals surface area (Å²) in [6.45, 7) is 0.712. The number of rotatable bonds is 7. The summed E-state index contributed by atoms with van der Waals surface area (Å²) in [6.07, 6.45) is 2.53. The number of ether oxygens (including phenoxy) is 1. The van der Waals surface area contributed by atoms with Gasteiger partial charge in [0.1, 0.15) is 11.6 Å². The number of halogens is 2. The lowest BCUT2D eigenvalue weighted by Crippen LogP contribution is -2.08. The topological polar surface area (TPSA) is 59.1 Å². The molecule has 26 heavy (non-hydrogen) atoms. The first kappa shape index (κ1) is 18.3. The van der Waals surface area contributed by atoms with Crippen molar-refractivity contribution in [2.75, 3.05) is 24.3 Å². The normalized spacial score (nSPS) is 10.4. The Morgan fingerprint density at radius 3 is 2.73 bits per heavy atom. The predicted molar refractivity (Wildman–Crippen MR) is 107 cm³/mol. The molecule has 0 amide bonds. The second-order valence-corrected chi connectivity index (χ2v) is 6.36. The van der Waals surface area contributed by atoms with Crippen LogP contribution in [-0.4, -0.2) is 23.6 Å². The van der Waals surface area contributed by atoms with Gasteiger partial charge in [-0.3, -0.25) is 0 Å². The molecular formula is C19H18Cl2N4O. The van der Waals surface area contributed by atoms with Gasteiger partial charge in [0.25, 0.3) is 0 Å². The average Bonchev–Trinajstić information content (AvgIpc) is 2.65. The monoisotopic (exact) mass is 388 g/mol. The second kappa shape index (κ2) is 8.74. The number of anilines is 3. The molecule has 0 aliphatic rings. The zero-order valence-electron chi connectivity index (χ0n) is 14.2. The number of hydrogen-bond acceptors (Lipinski definition) is 5. The van der Waals surface area contributed by atoms with E-state index in [-0.39, 0.29) is 0 Å². The third-order valence-electron chi connectivity index (χ3n) is 3.68. The molecule has 0 radical (unpaired) electrons. The summed E-state index contributed by atoms with van der Waals surface area (Å²) < 4.78 is 5.24.